The molecule has 0 fully saturated rings. The van der Waals surface area contributed by atoms with Crippen molar-refractivity contribution in [2.75, 3.05) is 14.2 Å². The quantitative estimate of drug-likeness (QED) is 0.724. The summed E-state index contributed by atoms with van der Waals surface area (Å²) in [7, 11) is 3.18. The second-order valence-corrected chi connectivity index (χ2v) is 5.50. The molecule has 4 rings (SSSR count). The molecule has 0 unspecified atom stereocenters. The number of methoxy groups -OCH3 is 2. The molecule has 124 valence electrons. The lowest BCUT2D eigenvalue weighted by atomic mass is 10.0. The van der Waals surface area contributed by atoms with E-state index in [-0.39, 0.29) is 0 Å². The van der Waals surface area contributed by atoms with Crippen LogP contribution in [-0.4, -0.2) is 24.2 Å². The number of nitrogens with zero attached hydrogens (tertiary/aromatic N) is 2. The molecule has 1 aromatic heterocycles. The van der Waals surface area contributed by atoms with Gasteiger partial charge in [-0.15, -0.1) is 0 Å². The molecule has 0 saturated heterocycles. The molecule has 0 spiro atoms. The Morgan fingerprint density at radius 1 is 0.960 bits per heavy atom. The summed E-state index contributed by atoms with van der Waals surface area (Å²) < 4.78 is 16.6. The van der Waals surface area contributed by atoms with Crippen LogP contribution in [0.3, 0.4) is 0 Å². The molecule has 0 amide bonds. The average Bonchev–Trinajstić information content (AvgIpc) is 2.68. The first kappa shape index (κ1) is 15.2. The van der Waals surface area contributed by atoms with Gasteiger partial charge in [-0.05, 0) is 29.8 Å². The van der Waals surface area contributed by atoms with Crippen LogP contribution in [0.25, 0.3) is 23.1 Å². The van der Waals surface area contributed by atoms with Crippen molar-refractivity contribution in [2.45, 2.75) is 0 Å². The molecule has 2 aromatic carbocycles. The van der Waals surface area contributed by atoms with E-state index in [1.165, 1.54) is 0 Å². The third-order valence-corrected chi connectivity index (χ3v) is 3.97. The van der Waals surface area contributed by atoms with Gasteiger partial charge < -0.3 is 14.2 Å². The molecule has 1 aliphatic rings. The maximum atomic E-state index is 6.12. The van der Waals surface area contributed by atoms with Crippen molar-refractivity contribution in [3.05, 3.63) is 65.9 Å². The molecular weight excluding hydrogens is 316 g/mol. The fourth-order valence-electron chi connectivity index (χ4n) is 2.74. The van der Waals surface area contributed by atoms with E-state index in [0.717, 1.165) is 33.9 Å². The summed E-state index contributed by atoms with van der Waals surface area (Å²) in [6.07, 6.45) is 3.69. The Hall–Kier alpha value is -3.34. The minimum absolute atomic E-state index is 0.313. The van der Waals surface area contributed by atoms with Gasteiger partial charge in [-0.3, -0.25) is 0 Å². The normalized spacial score (nSPS) is 13.6. The molecule has 2 heterocycles. The number of hydrogen-bond acceptors (Lipinski definition) is 5. The van der Waals surface area contributed by atoms with Crippen molar-refractivity contribution in [3.8, 4) is 28.8 Å². The summed E-state index contributed by atoms with van der Waals surface area (Å²) >= 11 is 0. The van der Waals surface area contributed by atoms with Gasteiger partial charge in [-0.2, -0.15) is 4.98 Å². The largest absolute Gasteiger partial charge is 0.497 e. The van der Waals surface area contributed by atoms with E-state index in [9.17, 15) is 0 Å². The maximum Gasteiger partial charge on any atom is 0.316 e. The van der Waals surface area contributed by atoms with Crippen molar-refractivity contribution < 1.29 is 14.2 Å². The third kappa shape index (κ3) is 2.80. The Labute approximate surface area is 145 Å². The zero-order valence-electron chi connectivity index (χ0n) is 13.9. The Bertz CT molecular complexity index is 952. The van der Waals surface area contributed by atoms with Gasteiger partial charge in [-0.1, -0.05) is 30.3 Å². The number of ether oxygens (including phenoxy) is 3. The molecule has 0 aliphatic carbocycles. The van der Waals surface area contributed by atoms with Crippen LogP contribution < -0.4 is 14.2 Å². The number of rotatable bonds is 3. The summed E-state index contributed by atoms with van der Waals surface area (Å²) in [6, 6.07) is 15.9. The molecule has 3 aromatic rings. The fraction of sp³-hybridized carbons (Fsp3) is 0.100. The highest BCUT2D eigenvalue weighted by Gasteiger charge is 2.25. The Balaban J connectivity index is 1.91. The van der Waals surface area contributed by atoms with Crippen LogP contribution in [0.1, 0.15) is 11.1 Å². The highest BCUT2D eigenvalue weighted by atomic mass is 16.5. The standard InChI is InChI=1S/C20H16N2O3/c1-23-14-8-9-17-15(11-14)19-16(12-21-20(22-19)24-2)18(25-17)10-13-6-4-3-5-7-13/h3-12H,1-2H3/b18-10-. The van der Waals surface area contributed by atoms with Gasteiger partial charge in [0.1, 0.15) is 17.3 Å². The van der Waals surface area contributed by atoms with Crippen LogP contribution in [0.4, 0.5) is 0 Å². The molecule has 0 N–H and O–H groups in total. The van der Waals surface area contributed by atoms with Gasteiger partial charge in [0, 0.05) is 11.8 Å². The first-order valence-electron chi connectivity index (χ1n) is 7.83. The van der Waals surface area contributed by atoms with Crippen molar-refractivity contribution in [1.29, 1.82) is 0 Å². The lowest BCUT2D eigenvalue weighted by Gasteiger charge is -2.22. The Morgan fingerprint density at radius 2 is 1.80 bits per heavy atom. The molecule has 0 saturated carbocycles. The third-order valence-electron chi connectivity index (χ3n) is 3.97. The predicted molar refractivity (Wildman–Crippen MR) is 95.5 cm³/mol. The van der Waals surface area contributed by atoms with E-state index in [1.54, 1.807) is 20.4 Å². The summed E-state index contributed by atoms with van der Waals surface area (Å²) in [6.45, 7) is 0. The summed E-state index contributed by atoms with van der Waals surface area (Å²) in [4.78, 5) is 8.76. The molecule has 0 radical (unpaired) electrons. The van der Waals surface area contributed by atoms with Crippen molar-refractivity contribution in [2.24, 2.45) is 0 Å². The first-order chi connectivity index (χ1) is 12.3. The van der Waals surface area contributed by atoms with Crippen molar-refractivity contribution in [3.63, 3.8) is 0 Å². The average molecular weight is 332 g/mol. The van der Waals surface area contributed by atoms with Crippen LogP contribution in [0.5, 0.6) is 17.5 Å². The van der Waals surface area contributed by atoms with E-state index in [1.807, 2.05) is 54.6 Å². The Kier molecular flexibility index (Phi) is 3.82. The van der Waals surface area contributed by atoms with Crippen LogP contribution >= 0.6 is 0 Å². The smallest absolute Gasteiger partial charge is 0.316 e. The van der Waals surface area contributed by atoms with Gasteiger partial charge in [-0.25, -0.2) is 4.98 Å². The van der Waals surface area contributed by atoms with Gasteiger partial charge in [0.25, 0.3) is 0 Å². The monoisotopic (exact) mass is 332 g/mol. The molecule has 1 aliphatic heterocycles. The fourth-order valence-corrected chi connectivity index (χ4v) is 2.74. The number of fused-ring (bicyclic) bond motifs is 3. The molecular formula is C20H16N2O3. The molecule has 25 heavy (non-hydrogen) atoms. The predicted octanol–water partition coefficient (Wildman–Crippen LogP) is 4.05. The molecule has 0 bridgehead atoms. The van der Waals surface area contributed by atoms with E-state index < -0.39 is 0 Å². The van der Waals surface area contributed by atoms with Crippen LogP contribution in [0.2, 0.25) is 0 Å². The highest BCUT2D eigenvalue weighted by molar-refractivity contribution is 5.90. The van der Waals surface area contributed by atoms with Gasteiger partial charge in [0.2, 0.25) is 0 Å². The van der Waals surface area contributed by atoms with Crippen molar-refractivity contribution >= 4 is 11.8 Å². The van der Waals surface area contributed by atoms with E-state index in [2.05, 4.69) is 9.97 Å². The SMILES string of the molecule is COc1ccc2c(c1)-c1nc(OC)ncc1/C(=C/c1ccccc1)O2. The first-order valence-corrected chi connectivity index (χ1v) is 7.83. The van der Waals surface area contributed by atoms with Gasteiger partial charge in [0.15, 0.2) is 0 Å². The Morgan fingerprint density at radius 3 is 2.56 bits per heavy atom. The van der Waals surface area contributed by atoms with Gasteiger partial charge >= 0.3 is 6.01 Å². The second-order valence-electron chi connectivity index (χ2n) is 5.50. The number of benzene rings is 2. The molecule has 5 nitrogen and oxygen atoms in total. The molecule has 5 heteroatoms. The lowest BCUT2D eigenvalue weighted by Crippen LogP contribution is -2.08. The second kappa shape index (κ2) is 6.28. The van der Waals surface area contributed by atoms with Crippen LogP contribution in [-0.2, 0) is 0 Å². The van der Waals surface area contributed by atoms with Crippen LogP contribution in [0.15, 0.2) is 54.7 Å². The number of hydrogen-bond donors (Lipinski definition) is 0. The minimum Gasteiger partial charge on any atom is -0.497 e. The summed E-state index contributed by atoms with van der Waals surface area (Å²) in [5.41, 5.74) is 3.45. The van der Waals surface area contributed by atoms with E-state index in [0.29, 0.717) is 11.8 Å². The summed E-state index contributed by atoms with van der Waals surface area (Å²) in [5.74, 6) is 2.15. The van der Waals surface area contributed by atoms with Crippen molar-refractivity contribution in [1.82, 2.24) is 9.97 Å². The minimum atomic E-state index is 0.313. The van der Waals surface area contributed by atoms with E-state index in [4.69, 9.17) is 14.2 Å². The lowest BCUT2D eigenvalue weighted by molar-refractivity contribution is 0.379. The van der Waals surface area contributed by atoms with Crippen LogP contribution in [0, 0.1) is 0 Å². The van der Waals surface area contributed by atoms with Gasteiger partial charge in [0.05, 0.1) is 25.5 Å². The highest BCUT2D eigenvalue weighted by Crippen LogP contribution is 2.43. The zero-order chi connectivity index (χ0) is 17.2. The number of aromatic nitrogens is 2. The maximum absolute atomic E-state index is 6.12. The zero-order valence-corrected chi connectivity index (χ0v) is 13.9. The van der Waals surface area contributed by atoms with E-state index >= 15 is 0 Å². The topological polar surface area (TPSA) is 53.5 Å². The molecule has 0 atom stereocenters. The summed E-state index contributed by atoms with van der Waals surface area (Å²) in [5, 5.41) is 0.